The average Bonchev–Trinajstić information content (AvgIpc) is 2.85. The number of carbonyl (C=O) groups excluding carboxylic acids is 2. The third kappa shape index (κ3) is 1.37. The minimum absolute atomic E-state index is 0.458. The van der Waals surface area contributed by atoms with Crippen LogP contribution in [0.2, 0.25) is 0 Å². The van der Waals surface area contributed by atoms with Crippen molar-refractivity contribution in [3.8, 4) is 11.4 Å². The Labute approximate surface area is 85.4 Å². The Balaban J connectivity index is 2.59. The monoisotopic (exact) mass is 224 g/mol. The summed E-state index contributed by atoms with van der Waals surface area (Å²) in [6.45, 7) is 0. The summed E-state index contributed by atoms with van der Waals surface area (Å²) < 4.78 is 8.24. The maximum absolute atomic E-state index is 10.5. The smallest absolute Gasteiger partial charge is 0.168 e. The highest BCUT2D eigenvalue weighted by atomic mass is 16.6. The van der Waals surface area contributed by atoms with Crippen LogP contribution in [0.4, 0.5) is 0 Å². The second-order valence-electron chi connectivity index (χ2n) is 2.50. The second kappa shape index (κ2) is 3.42. The van der Waals surface area contributed by atoms with Crippen molar-refractivity contribution in [1.29, 1.82) is 0 Å². The van der Waals surface area contributed by atoms with Gasteiger partial charge in [-0.25, -0.2) is 9.26 Å². The standard InChI is InChI=1S/C6H2N4O6/c11-5(12)3-1(7-15-9-3)2-4(6(13)14)10-16-8-2/h(H,11,12)(H,13,14)/p-2. The van der Waals surface area contributed by atoms with Crippen LogP contribution in [0, 0.1) is 0 Å². The molecule has 0 aliphatic heterocycles. The van der Waals surface area contributed by atoms with Gasteiger partial charge in [0.1, 0.15) is 0 Å². The van der Waals surface area contributed by atoms with Crippen LogP contribution in [0.3, 0.4) is 0 Å². The Hall–Kier alpha value is -2.78. The van der Waals surface area contributed by atoms with Crippen molar-refractivity contribution in [1.82, 2.24) is 20.6 Å². The lowest BCUT2D eigenvalue weighted by Crippen LogP contribution is -2.25. The molecule has 2 aromatic rings. The third-order valence-electron chi connectivity index (χ3n) is 1.59. The van der Waals surface area contributed by atoms with E-state index in [4.69, 9.17) is 0 Å². The van der Waals surface area contributed by atoms with Gasteiger partial charge in [-0.1, -0.05) is 0 Å². The highest BCUT2D eigenvalue weighted by Gasteiger charge is 2.22. The fourth-order valence-electron chi connectivity index (χ4n) is 0.956. The van der Waals surface area contributed by atoms with E-state index in [1.165, 1.54) is 0 Å². The zero-order valence-corrected chi connectivity index (χ0v) is 7.24. The molecule has 0 radical (unpaired) electrons. The molecule has 82 valence electrons. The zero-order valence-electron chi connectivity index (χ0n) is 7.24. The lowest BCUT2D eigenvalue weighted by atomic mass is 10.2. The fourth-order valence-corrected chi connectivity index (χ4v) is 0.956. The van der Waals surface area contributed by atoms with Crippen molar-refractivity contribution in [2.45, 2.75) is 0 Å². The summed E-state index contributed by atoms with van der Waals surface area (Å²) in [6.07, 6.45) is 0. The first-order chi connectivity index (χ1) is 7.61. The van der Waals surface area contributed by atoms with Crippen LogP contribution in [0.1, 0.15) is 21.0 Å². The fraction of sp³-hybridized carbons (Fsp3) is 0. The molecule has 0 N–H and O–H groups in total. The molecule has 0 fully saturated rings. The second-order valence-corrected chi connectivity index (χ2v) is 2.50. The molecule has 0 amide bonds. The van der Waals surface area contributed by atoms with Gasteiger partial charge in [-0.3, -0.25) is 0 Å². The van der Waals surface area contributed by atoms with Gasteiger partial charge in [0.05, 0.1) is 11.9 Å². The quantitative estimate of drug-likeness (QED) is 0.520. The number of hydrogen-bond acceptors (Lipinski definition) is 10. The number of hydrogen-bond donors (Lipinski definition) is 0. The van der Waals surface area contributed by atoms with Crippen LogP contribution in [0.5, 0.6) is 0 Å². The Morgan fingerprint density at radius 3 is 1.50 bits per heavy atom. The van der Waals surface area contributed by atoms with E-state index in [9.17, 15) is 19.8 Å². The maximum Gasteiger partial charge on any atom is 0.168 e. The zero-order chi connectivity index (χ0) is 11.7. The summed E-state index contributed by atoms with van der Waals surface area (Å²) in [5.74, 6) is -3.41. The predicted molar refractivity (Wildman–Crippen MR) is 36.3 cm³/mol. The molecule has 2 heterocycles. The van der Waals surface area contributed by atoms with Crippen LogP contribution in [-0.2, 0) is 0 Å². The van der Waals surface area contributed by atoms with E-state index < -0.39 is 34.7 Å². The number of nitrogens with zero attached hydrogens (tertiary/aromatic N) is 4. The van der Waals surface area contributed by atoms with Crippen LogP contribution >= 0.6 is 0 Å². The van der Waals surface area contributed by atoms with Gasteiger partial charge in [-0.05, 0) is 20.6 Å². The van der Waals surface area contributed by atoms with E-state index in [0.29, 0.717) is 0 Å². The number of aromatic carboxylic acids is 2. The average molecular weight is 224 g/mol. The van der Waals surface area contributed by atoms with Gasteiger partial charge in [0.2, 0.25) is 0 Å². The van der Waals surface area contributed by atoms with E-state index in [-0.39, 0.29) is 0 Å². The molecule has 0 aliphatic carbocycles. The third-order valence-corrected chi connectivity index (χ3v) is 1.59. The lowest BCUT2D eigenvalue weighted by Gasteiger charge is -1.98. The van der Waals surface area contributed by atoms with Crippen LogP contribution in [-0.4, -0.2) is 32.6 Å². The Morgan fingerprint density at radius 2 is 1.19 bits per heavy atom. The topological polar surface area (TPSA) is 158 Å². The van der Waals surface area contributed by atoms with Gasteiger partial charge in [0, 0.05) is 0 Å². The van der Waals surface area contributed by atoms with Crippen molar-refractivity contribution in [3.63, 3.8) is 0 Å². The molecule has 0 aromatic carbocycles. The number of carbonyl (C=O) groups is 2. The first kappa shape index (κ1) is 9.76. The molecule has 0 saturated heterocycles. The molecule has 2 rings (SSSR count). The van der Waals surface area contributed by atoms with Crippen molar-refractivity contribution in [2.75, 3.05) is 0 Å². The normalized spacial score (nSPS) is 10.2. The Kier molecular flexibility index (Phi) is 2.08. The summed E-state index contributed by atoms with van der Waals surface area (Å²) in [5, 5.41) is 33.4. The molecule has 0 bridgehead atoms. The summed E-state index contributed by atoms with van der Waals surface area (Å²) in [4.78, 5) is 21.1. The minimum Gasteiger partial charge on any atom is -0.543 e. The highest BCUT2D eigenvalue weighted by Crippen LogP contribution is 2.20. The predicted octanol–water partition coefficient (Wildman–Crippen LogP) is -3.15. The molecule has 0 atom stereocenters. The molecule has 0 unspecified atom stereocenters. The molecular formula is C6N4O6-2. The first-order valence-corrected chi connectivity index (χ1v) is 3.69. The van der Waals surface area contributed by atoms with E-state index in [1.54, 1.807) is 0 Å². The molecule has 10 nitrogen and oxygen atoms in total. The lowest BCUT2D eigenvalue weighted by molar-refractivity contribution is -0.256. The van der Waals surface area contributed by atoms with Crippen molar-refractivity contribution in [2.24, 2.45) is 0 Å². The SMILES string of the molecule is O=C([O-])c1nonc1-c1nonc1C(=O)[O-]. The molecule has 0 aliphatic rings. The molecule has 16 heavy (non-hydrogen) atoms. The van der Waals surface area contributed by atoms with Crippen LogP contribution in [0.25, 0.3) is 11.4 Å². The van der Waals surface area contributed by atoms with E-state index in [2.05, 4.69) is 29.9 Å². The van der Waals surface area contributed by atoms with Gasteiger partial charge in [0.25, 0.3) is 0 Å². The van der Waals surface area contributed by atoms with Crippen LogP contribution in [0.15, 0.2) is 9.26 Å². The molecule has 2 aromatic heterocycles. The van der Waals surface area contributed by atoms with Gasteiger partial charge in [0.15, 0.2) is 22.8 Å². The van der Waals surface area contributed by atoms with Gasteiger partial charge in [-0.15, -0.1) is 0 Å². The van der Waals surface area contributed by atoms with Crippen molar-refractivity contribution in [3.05, 3.63) is 11.4 Å². The Morgan fingerprint density at radius 1 is 0.812 bits per heavy atom. The summed E-state index contributed by atoms with van der Waals surface area (Å²) >= 11 is 0. The molecule has 10 heteroatoms. The minimum atomic E-state index is -1.71. The van der Waals surface area contributed by atoms with E-state index in [1.807, 2.05) is 0 Å². The number of aromatic nitrogens is 4. The largest absolute Gasteiger partial charge is 0.543 e. The number of rotatable bonds is 3. The highest BCUT2D eigenvalue weighted by molar-refractivity contribution is 5.95. The summed E-state index contributed by atoms with van der Waals surface area (Å²) in [5.41, 5.74) is -2.34. The van der Waals surface area contributed by atoms with E-state index >= 15 is 0 Å². The maximum atomic E-state index is 10.5. The first-order valence-electron chi connectivity index (χ1n) is 3.69. The van der Waals surface area contributed by atoms with Crippen molar-refractivity contribution >= 4 is 11.9 Å². The van der Waals surface area contributed by atoms with Gasteiger partial charge in [-0.2, -0.15) is 0 Å². The van der Waals surface area contributed by atoms with Crippen LogP contribution < -0.4 is 10.2 Å². The Bertz CT molecular complexity index is 507. The summed E-state index contributed by atoms with van der Waals surface area (Å²) in [7, 11) is 0. The molecule has 0 spiro atoms. The molecule has 0 saturated carbocycles. The number of carboxylic acids is 2. The van der Waals surface area contributed by atoms with E-state index in [0.717, 1.165) is 0 Å². The summed E-state index contributed by atoms with van der Waals surface area (Å²) in [6, 6.07) is 0. The number of carboxylic acid groups (broad SMARTS) is 2. The van der Waals surface area contributed by atoms with Gasteiger partial charge < -0.3 is 19.8 Å². The van der Waals surface area contributed by atoms with Gasteiger partial charge >= 0.3 is 0 Å². The van der Waals surface area contributed by atoms with Crippen molar-refractivity contribution < 1.29 is 29.1 Å². The molecular weight excluding hydrogens is 224 g/mol.